The Morgan fingerprint density at radius 1 is 1.07 bits per heavy atom. The number of sulfonamides is 1. The van der Waals surface area contributed by atoms with Crippen LogP contribution in [0.5, 0.6) is 5.75 Å². The van der Waals surface area contributed by atoms with Gasteiger partial charge in [-0.15, -0.1) is 0 Å². The lowest BCUT2D eigenvalue weighted by molar-refractivity contribution is -0.131. The highest BCUT2D eigenvalue weighted by Crippen LogP contribution is 2.25. The van der Waals surface area contributed by atoms with Crippen molar-refractivity contribution in [3.8, 4) is 5.75 Å². The molecule has 0 radical (unpaired) electrons. The summed E-state index contributed by atoms with van der Waals surface area (Å²) >= 11 is 6.04. The average molecular weight is 409 g/mol. The van der Waals surface area contributed by atoms with Crippen LogP contribution in [0.3, 0.4) is 0 Å². The normalized spacial score (nSPS) is 15.6. The van der Waals surface area contributed by atoms with E-state index in [0.29, 0.717) is 18.8 Å². The van der Waals surface area contributed by atoms with Crippen LogP contribution in [0.25, 0.3) is 0 Å². The number of hydrogen-bond acceptors (Lipinski definition) is 4. The monoisotopic (exact) mass is 408 g/mol. The molecule has 0 atom stereocenters. The van der Waals surface area contributed by atoms with Crippen LogP contribution < -0.4 is 4.74 Å². The third-order valence-corrected chi connectivity index (χ3v) is 6.93. The first-order chi connectivity index (χ1) is 12.9. The van der Waals surface area contributed by atoms with Gasteiger partial charge in [-0.05, 0) is 29.8 Å². The smallest absolute Gasteiger partial charge is 0.244 e. The number of carbonyl (C=O) groups excluding carboxylic acids is 1. The minimum atomic E-state index is -3.66. The van der Waals surface area contributed by atoms with Crippen molar-refractivity contribution in [1.29, 1.82) is 0 Å². The SMILES string of the molecule is COc1cccc(CC(=O)N2CCN(S(=O)(=O)c3ccccc3Cl)CC2)c1. The van der Waals surface area contributed by atoms with Crippen molar-refractivity contribution >= 4 is 27.5 Å². The second-order valence-corrected chi connectivity index (χ2v) is 8.56. The fourth-order valence-electron chi connectivity index (χ4n) is 3.04. The minimum Gasteiger partial charge on any atom is -0.497 e. The Morgan fingerprint density at radius 3 is 2.44 bits per heavy atom. The Kier molecular flexibility index (Phi) is 6.04. The van der Waals surface area contributed by atoms with Gasteiger partial charge in [-0.25, -0.2) is 8.42 Å². The highest BCUT2D eigenvalue weighted by atomic mass is 35.5. The number of rotatable bonds is 5. The number of halogens is 1. The van der Waals surface area contributed by atoms with Gasteiger partial charge in [-0.2, -0.15) is 4.31 Å². The molecule has 1 heterocycles. The van der Waals surface area contributed by atoms with Crippen molar-refractivity contribution in [3.63, 3.8) is 0 Å². The molecule has 0 aliphatic carbocycles. The maximum atomic E-state index is 12.8. The summed E-state index contributed by atoms with van der Waals surface area (Å²) < 4.78 is 32.1. The van der Waals surface area contributed by atoms with E-state index >= 15 is 0 Å². The summed E-state index contributed by atoms with van der Waals surface area (Å²) in [6.07, 6.45) is 0.258. The van der Waals surface area contributed by atoms with Gasteiger partial charge in [0, 0.05) is 26.2 Å². The van der Waals surface area contributed by atoms with Crippen molar-refractivity contribution < 1.29 is 17.9 Å². The molecule has 3 rings (SSSR count). The van der Waals surface area contributed by atoms with Gasteiger partial charge in [-0.3, -0.25) is 4.79 Å². The van der Waals surface area contributed by atoms with E-state index < -0.39 is 10.0 Å². The predicted molar refractivity (Wildman–Crippen MR) is 103 cm³/mol. The van der Waals surface area contributed by atoms with E-state index in [1.165, 1.54) is 10.4 Å². The summed E-state index contributed by atoms with van der Waals surface area (Å²) in [6.45, 7) is 1.20. The fraction of sp³-hybridized carbons (Fsp3) is 0.316. The van der Waals surface area contributed by atoms with Crippen LogP contribution in [-0.4, -0.2) is 56.8 Å². The molecular formula is C19H21ClN2O4S. The Bertz CT molecular complexity index is 925. The van der Waals surface area contributed by atoms with Gasteiger partial charge >= 0.3 is 0 Å². The van der Waals surface area contributed by atoms with Gasteiger partial charge in [0.1, 0.15) is 10.6 Å². The van der Waals surface area contributed by atoms with Gasteiger partial charge < -0.3 is 9.64 Å². The molecule has 1 fully saturated rings. The van der Waals surface area contributed by atoms with Gasteiger partial charge in [-0.1, -0.05) is 35.9 Å². The molecule has 0 unspecified atom stereocenters. The van der Waals surface area contributed by atoms with Gasteiger partial charge in [0.05, 0.1) is 18.6 Å². The Balaban J connectivity index is 1.63. The van der Waals surface area contributed by atoms with Crippen molar-refractivity contribution in [2.75, 3.05) is 33.3 Å². The maximum absolute atomic E-state index is 12.8. The van der Waals surface area contributed by atoms with E-state index in [-0.39, 0.29) is 35.3 Å². The highest BCUT2D eigenvalue weighted by molar-refractivity contribution is 7.89. The van der Waals surface area contributed by atoms with Crippen LogP contribution in [0, 0.1) is 0 Å². The molecule has 0 spiro atoms. The van der Waals surface area contributed by atoms with E-state index in [0.717, 1.165) is 5.56 Å². The van der Waals surface area contributed by atoms with Crippen LogP contribution in [0.2, 0.25) is 5.02 Å². The van der Waals surface area contributed by atoms with Crippen LogP contribution in [0.1, 0.15) is 5.56 Å². The maximum Gasteiger partial charge on any atom is 0.244 e. The molecule has 2 aromatic rings. The van der Waals surface area contributed by atoms with Crippen LogP contribution >= 0.6 is 11.6 Å². The zero-order valence-corrected chi connectivity index (χ0v) is 16.5. The molecule has 144 valence electrons. The van der Waals surface area contributed by atoms with Crippen LogP contribution in [0.4, 0.5) is 0 Å². The molecule has 0 bridgehead atoms. The second-order valence-electron chi connectivity index (χ2n) is 6.24. The summed E-state index contributed by atoms with van der Waals surface area (Å²) in [4.78, 5) is 14.3. The quantitative estimate of drug-likeness (QED) is 0.762. The molecule has 0 saturated carbocycles. The van der Waals surface area contributed by atoms with E-state index in [2.05, 4.69) is 0 Å². The average Bonchev–Trinajstić information content (AvgIpc) is 2.68. The Hall–Kier alpha value is -2.09. The second kappa shape index (κ2) is 8.29. The van der Waals surface area contributed by atoms with E-state index in [9.17, 15) is 13.2 Å². The topological polar surface area (TPSA) is 66.9 Å². The molecule has 1 saturated heterocycles. The highest BCUT2D eigenvalue weighted by Gasteiger charge is 2.31. The third-order valence-electron chi connectivity index (χ3n) is 4.54. The summed E-state index contributed by atoms with van der Waals surface area (Å²) in [7, 11) is -2.08. The van der Waals surface area contributed by atoms with Crippen molar-refractivity contribution in [2.24, 2.45) is 0 Å². The Morgan fingerprint density at radius 2 is 1.78 bits per heavy atom. The van der Waals surface area contributed by atoms with Gasteiger partial charge in [0.25, 0.3) is 0 Å². The zero-order valence-electron chi connectivity index (χ0n) is 15.0. The molecule has 6 nitrogen and oxygen atoms in total. The largest absolute Gasteiger partial charge is 0.497 e. The predicted octanol–water partition coefficient (Wildman–Crippen LogP) is 2.42. The standard InChI is InChI=1S/C19H21ClN2O4S/c1-26-16-6-4-5-15(13-16)14-19(23)21-9-11-22(12-10-21)27(24,25)18-8-3-2-7-17(18)20/h2-8,13H,9-12,14H2,1H3. The number of methoxy groups -OCH3 is 1. The van der Waals surface area contributed by atoms with E-state index in [4.69, 9.17) is 16.3 Å². The first-order valence-electron chi connectivity index (χ1n) is 8.57. The minimum absolute atomic E-state index is 0.0296. The summed E-state index contributed by atoms with van der Waals surface area (Å²) in [6, 6.07) is 13.8. The summed E-state index contributed by atoms with van der Waals surface area (Å²) in [5.41, 5.74) is 0.866. The molecule has 0 aromatic heterocycles. The summed E-state index contributed by atoms with van der Waals surface area (Å²) in [5, 5.41) is 0.203. The Labute approximate surface area is 164 Å². The van der Waals surface area contributed by atoms with E-state index in [1.54, 1.807) is 30.2 Å². The third kappa shape index (κ3) is 4.43. The van der Waals surface area contributed by atoms with Crippen LogP contribution in [0.15, 0.2) is 53.4 Å². The van der Waals surface area contributed by atoms with Gasteiger partial charge in [0.2, 0.25) is 15.9 Å². The summed E-state index contributed by atoms with van der Waals surface area (Å²) in [5.74, 6) is 0.675. The number of ether oxygens (including phenoxy) is 1. The molecule has 8 heteroatoms. The molecule has 0 N–H and O–H groups in total. The molecule has 2 aromatic carbocycles. The number of nitrogens with zero attached hydrogens (tertiary/aromatic N) is 2. The number of piperazine rings is 1. The first kappa shape index (κ1) is 19.7. The lowest BCUT2D eigenvalue weighted by Crippen LogP contribution is -2.50. The zero-order chi connectivity index (χ0) is 19.4. The molecule has 1 aliphatic heterocycles. The van der Waals surface area contributed by atoms with E-state index in [1.807, 2.05) is 24.3 Å². The lowest BCUT2D eigenvalue weighted by atomic mass is 10.1. The number of carbonyl (C=O) groups is 1. The van der Waals surface area contributed by atoms with Crippen molar-refractivity contribution in [2.45, 2.75) is 11.3 Å². The molecule has 27 heavy (non-hydrogen) atoms. The first-order valence-corrected chi connectivity index (χ1v) is 10.4. The molecule has 1 aliphatic rings. The fourth-order valence-corrected chi connectivity index (χ4v) is 4.96. The number of hydrogen-bond donors (Lipinski definition) is 0. The molecular weight excluding hydrogens is 388 g/mol. The number of amides is 1. The molecule has 1 amide bonds. The van der Waals surface area contributed by atoms with Crippen LogP contribution in [-0.2, 0) is 21.2 Å². The lowest BCUT2D eigenvalue weighted by Gasteiger charge is -2.34. The number of benzene rings is 2. The van der Waals surface area contributed by atoms with Crippen molar-refractivity contribution in [3.05, 3.63) is 59.1 Å². The van der Waals surface area contributed by atoms with Gasteiger partial charge in [0.15, 0.2) is 0 Å². The van der Waals surface area contributed by atoms with Crippen molar-refractivity contribution in [1.82, 2.24) is 9.21 Å².